The summed E-state index contributed by atoms with van der Waals surface area (Å²) in [5, 5.41) is 9.38. The average Bonchev–Trinajstić information content (AvgIpc) is 2.38. The molecule has 1 aromatic rings. The van der Waals surface area contributed by atoms with Crippen molar-refractivity contribution >= 4 is 50.3 Å². The van der Waals surface area contributed by atoms with E-state index in [9.17, 15) is 13.2 Å². The lowest BCUT2D eigenvalue weighted by Crippen LogP contribution is -2.26. The smallest absolute Gasteiger partial charge is 0.336 e. The van der Waals surface area contributed by atoms with Crippen LogP contribution in [0.5, 0.6) is 0 Å². The SMILES string of the molecule is CSC(C)CCNS(=O)(=O)c1ccc(I)c(C(=O)O)c1. The van der Waals surface area contributed by atoms with Crippen LogP contribution in [0.2, 0.25) is 0 Å². The summed E-state index contributed by atoms with van der Waals surface area (Å²) in [6, 6.07) is 4.09. The summed E-state index contributed by atoms with van der Waals surface area (Å²) in [5.74, 6) is -1.14. The summed E-state index contributed by atoms with van der Waals surface area (Å²) in [6.45, 7) is 2.35. The number of thioether (sulfide) groups is 1. The van der Waals surface area contributed by atoms with E-state index in [-0.39, 0.29) is 10.5 Å². The fourth-order valence-corrected chi connectivity index (χ4v) is 3.43. The highest BCUT2D eigenvalue weighted by Crippen LogP contribution is 2.18. The third-order valence-corrected chi connectivity index (χ3v) is 6.16. The second-order valence-electron chi connectivity index (χ2n) is 4.18. The number of carbonyl (C=O) groups is 1. The molecule has 0 aromatic heterocycles. The van der Waals surface area contributed by atoms with E-state index in [0.29, 0.717) is 15.4 Å². The fraction of sp³-hybridized carbons (Fsp3) is 0.417. The van der Waals surface area contributed by atoms with Gasteiger partial charge in [0.2, 0.25) is 10.0 Å². The van der Waals surface area contributed by atoms with E-state index in [4.69, 9.17) is 5.11 Å². The van der Waals surface area contributed by atoms with Gasteiger partial charge in [-0.25, -0.2) is 17.9 Å². The van der Waals surface area contributed by atoms with Gasteiger partial charge < -0.3 is 5.11 Å². The van der Waals surface area contributed by atoms with Gasteiger partial charge in [-0.3, -0.25) is 0 Å². The average molecular weight is 429 g/mol. The molecule has 0 fully saturated rings. The van der Waals surface area contributed by atoms with Crippen molar-refractivity contribution in [2.45, 2.75) is 23.5 Å². The molecule has 0 saturated heterocycles. The largest absolute Gasteiger partial charge is 0.478 e. The Hall–Kier alpha value is -0.320. The predicted molar refractivity (Wildman–Crippen MR) is 88.9 cm³/mol. The molecule has 112 valence electrons. The summed E-state index contributed by atoms with van der Waals surface area (Å²) in [7, 11) is -3.66. The van der Waals surface area contributed by atoms with Crippen LogP contribution in [-0.2, 0) is 10.0 Å². The van der Waals surface area contributed by atoms with E-state index in [1.54, 1.807) is 11.8 Å². The van der Waals surface area contributed by atoms with Crippen LogP contribution in [0.15, 0.2) is 23.1 Å². The van der Waals surface area contributed by atoms with Gasteiger partial charge >= 0.3 is 5.97 Å². The zero-order chi connectivity index (χ0) is 15.3. The molecule has 0 aliphatic carbocycles. The maximum absolute atomic E-state index is 12.1. The van der Waals surface area contributed by atoms with Crippen LogP contribution in [0, 0.1) is 3.57 Å². The molecular weight excluding hydrogens is 413 g/mol. The Morgan fingerprint density at radius 3 is 2.70 bits per heavy atom. The predicted octanol–water partition coefficient (Wildman–Crippen LogP) is 2.41. The molecule has 0 bridgehead atoms. The highest BCUT2D eigenvalue weighted by atomic mass is 127. The van der Waals surface area contributed by atoms with E-state index in [1.807, 2.05) is 35.8 Å². The minimum atomic E-state index is -3.66. The van der Waals surface area contributed by atoms with Crippen LogP contribution in [0.1, 0.15) is 23.7 Å². The Morgan fingerprint density at radius 2 is 2.15 bits per heavy atom. The number of benzene rings is 1. The maximum atomic E-state index is 12.1. The maximum Gasteiger partial charge on any atom is 0.336 e. The third kappa shape index (κ3) is 4.90. The Morgan fingerprint density at radius 1 is 1.50 bits per heavy atom. The molecule has 0 aliphatic heterocycles. The summed E-state index contributed by atoms with van der Waals surface area (Å²) in [6.07, 6.45) is 2.69. The van der Waals surface area contributed by atoms with Gasteiger partial charge in [0.25, 0.3) is 0 Å². The van der Waals surface area contributed by atoms with Gasteiger partial charge in [0.05, 0.1) is 10.5 Å². The van der Waals surface area contributed by atoms with Gasteiger partial charge in [0.15, 0.2) is 0 Å². The molecule has 0 saturated carbocycles. The highest BCUT2D eigenvalue weighted by molar-refractivity contribution is 14.1. The number of rotatable bonds is 7. The van der Waals surface area contributed by atoms with Crippen molar-refractivity contribution in [2.24, 2.45) is 0 Å². The molecule has 0 amide bonds. The van der Waals surface area contributed by atoms with Crippen molar-refractivity contribution in [3.63, 3.8) is 0 Å². The first-order valence-electron chi connectivity index (χ1n) is 5.83. The normalized spacial score (nSPS) is 13.2. The molecule has 0 aliphatic rings. The molecule has 0 radical (unpaired) electrons. The molecule has 1 atom stereocenters. The molecule has 2 N–H and O–H groups in total. The third-order valence-electron chi connectivity index (χ3n) is 2.72. The van der Waals surface area contributed by atoms with Gasteiger partial charge in [0.1, 0.15) is 0 Å². The summed E-state index contributed by atoms with van der Waals surface area (Å²) < 4.78 is 27.1. The zero-order valence-corrected chi connectivity index (χ0v) is 14.9. The van der Waals surface area contributed by atoms with Gasteiger partial charge in [0, 0.05) is 15.4 Å². The summed E-state index contributed by atoms with van der Waals surface area (Å²) >= 11 is 3.53. The van der Waals surface area contributed by atoms with Crippen molar-refractivity contribution in [1.82, 2.24) is 4.72 Å². The molecule has 0 heterocycles. The van der Waals surface area contributed by atoms with Crippen molar-refractivity contribution in [3.8, 4) is 0 Å². The number of carboxylic acids is 1. The van der Waals surface area contributed by atoms with E-state index in [2.05, 4.69) is 4.72 Å². The van der Waals surface area contributed by atoms with Gasteiger partial charge in [-0.05, 0) is 53.5 Å². The molecule has 8 heteroatoms. The Kier molecular flexibility index (Phi) is 6.76. The molecule has 20 heavy (non-hydrogen) atoms. The summed E-state index contributed by atoms with van der Waals surface area (Å²) in [5.41, 5.74) is -0.00837. The lowest BCUT2D eigenvalue weighted by molar-refractivity contribution is 0.0695. The van der Waals surface area contributed by atoms with Crippen molar-refractivity contribution < 1.29 is 18.3 Å². The standard InChI is InChI=1S/C12H16INO4S2/c1-8(19-2)5-6-14-20(17,18)9-3-4-11(13)10(7-9)12(15)16/h3-4,7-8,14H,5-6H2,1-2H3,(H,15,16). The number of sulfonamides is 1. The number of hydrogen-bond acceptors (Lipinski definition) is 4. The van der Waals surface area contributed by atoms with Crippen LogP contribution in [0.25, 0.3) is 0 Å². The Balaban J connectivity index is 2.88. The first-order chi connectivity index (χ1) is 9.27. The van der Waals surface area contributed by atoms with Crippen LogP contribution < -0.4 is 4.72 Å². The van der Waals surface area contributed by atoms with Crippen LogP contribution >= 0.6 is 34.4 Å². The topological polar surface area (TPSA) is 83.5 Å². The lowest BCUT2D eigenvalue weighted by Gasteiger charge is -2.10. The van der Waals surface area contributed by atoms with Crippen LogP contribution in [0.4, 0.5) is 0 Å². The lowest BCUT2D eigenvalue weighted by atomic mass is 10.2. The zero-order valence-electron chi connectivity index (χ0n) is 11.1. The van der Waals surface area contributed by atoms with E-state index in [1.165, 1.54) is 18.2 Å². The first-order valence-corrected chi connectivity index (χ1v) is 9.68. The first kappa shape index (κ1) is 17.7. The number of aromatic carboxylic acids is 1. The number of hydrogen-bond donors (Lipinski definition) is 2. The molecule has 1 rings (SSSR count). The van der Waals surface area contributed by atoms with Crippen molar-refractivity contribution in [1.29, 1.82) is 0 Å². The highest BCUT2D eigenvalue weighted by Gasteiger charge is 2.18. The number of carboxylic acid groups (broad SMARTS) is 1. The second-order valence-corrected chi connectivity index (χ2v) is 8.38. The molecular formula is C12H16INO4S2. The van der Waals surface area contributed by atoms with Gasteiger partial charge in [-0.2, -0.15) is 11.8 Å². The fourth-order valence-electron chi connectivity index (χ4n) is 1.43. The Bertz CT molecular complexity index is 589. The minimum Gasteiger partial charge on any atom is -0.478 e. The van der Waals surface area contributed by atoms with E-state index < -0.39 is 16.0 Å². The minimum absolute atomic E-state index is 0.00837. The van der Waals surface area contributed by atoms with Crippen LogP contribution in [0.3, 0.4) is 0 Å². The monoisotopic (exact) mass is 429 g/mol. The second kappa shape index (κ2) is 7.62. The molecule has 1 aromatic carbocycles. The van der Waals surface area contributed by atoms with Crippen molar-refractivity contribution in [2.75, 3.05) is 12.8 Å². The molecule has 0 spiro atoms. The Labute approximate surface area is 136 Å². The summed E-state index contributed by atoms with van der Waals surface area (Å²) in [4.78, 5) is 11.0. The van der Waals surface area contributed by atoms with E-state index >= 15 is 0 Å². The van der Waals surface area contributed by atoms with E-state index in [0.717, 1.165) is 6.42 Å². The quantitative estimate of drug-likeness (QED) is 0.651. The van der Waals surface area contributed by atoms with Crippen molar-refractivity contribution in [3.05, 3.63) is 27.3 Å². The number of nitrogens with one attached hydrogen (secondary N) is 1. The molecule has 5 nitrogen and oxygen atoms in total. The van der Waals surface area contributed by atoms with Gasteiger partial charge in [-0.1, -0.05) is 6.92 Å². The van der Waals surface area contributed by atoms with Gasteiger partial charge in [-0.15, -0.1) is 0 Å². The molecule has 1 unspecified atom stereocenters. The number of halogens is 1. The van der Waals surface area contributed by atoms with Crippen LogP contribution in [-0.4, -0.2) is 37.5 Å².